The van der Waals surface area contributed by atoms with Crippen LogP contribution in [0.1, 0.15) is 32.0 Å². The second-order valence-corrected chi connectivity index (χ2v) is 5.38. The molecular formula is C13H19F3N2O. The molecule has 1 N–H and O–H groups in total. The molecule has 108 valence electrons. The number of hydrogen-bond donors (Lipinski definition) is 1. The number of alkyl halides is 3. The van der Waals surface area contributed by atoms with E-state index in [2.05, 4.69) is 10.3 Å². The first-order chi connectivity index (χ1) is 8.62. The van der Waals surface area contributed by atoms with Crippen LogP contribution >= 0.6 is 0 Å². The molecule has 0 saturated heterocycles. The second kappa shape index (κ2) is 5.77. The fourth-order valence-electron chi connectivity index (χ4n) is 1.48. The molecular weight excluding hydrogens is 257 g/mol. The van der Waals surface area contributed by atoms with Crippen molar-refractivity contribution >= 4 is 0 Å². The van der Waals surface area contributed by atoms with Gasteiger partial charge in [-0.25, -0.2) is 4.98 Å². The van der Waals surface area contributed by atoms with Gasteiger partial charge in [-0.2, -0.15) is 13.2 Å². The molecule has 0 fully saturated rings. The minimum atomic E-state index is -4.36. The zero-order valence-corrected chi connectivity index (χ0v) is 11.6. The number of hydrogen-bond acceptors (Lipinski definition) is 3. The topological polar surface area (TPSA) is 34.1 Å². The largest absolute Gasteiger partial charge is 0.468 e. The number of pyridine rings is 1. The van der Waals surface area contributed by atoms with Crippen molar-refractivity contribution in [3.8, 4) is 5.88 Å². The highest BCUT2D eigenvalue weighted by Gasteiger charge is 2.29. The molecule has 3 nitrogen and oxygen atoms in total. The highest BCUT2D eigenvalue weighted by molar-refractivity contribution is 5.28. The van der Waals surface area contributed by atoms with E-state index < -0.39 is 12.8 Å². The minimum Gasteiger partial charge on any atom is -0.468 e. The molecule has 0 atom stereocenters. The third-order valence-electron chi connectivity index (χ3n) is 2.39. The van der Waals surface area contributed by atoms with Gasteiger partial charge in [0.2, 0.25) is 5.88 Å². The van der Waals surface area contributed by atoms with Gasteiger partial charge >= 0.3 is 6.18 Å². The van der Waals surface area contributed by atoms with Crippen molar-refractivity contribution < 1.29 is 17.9 Å². The maximum absolute atomic E-state index is 12.2. The van der Waals surface area contributed by atoms with Crippen molar-refractivity contribution in [3.63, 3.8) is 0 Å². The zero-order chi connectivity index (χ0) is 14.7. The first kappa shape index (κ1) is 15.8. The van der Waals surface area contributed by atoms with E-state index in [0.717, 1.165) is 5.56 Å². The summed E-state index contributed by atoms with van der Waals surface area (Å²) in [6.07, 6.45) is -4.36. The maximum Gasteiger partial charge on any atom is 0.422 e. The number of halogens is 3. The van der Waals surface area contributed by atoms with Gasteiger partial charge in [-0.3, -0.25) is 0 Å². The summed E-state index contributed by atoms with van der Waals surface area (Å²) in [5.74, 6) is 0.00926. The predicted molar refractivity (Wildman–Crippen MR) is 67.3 cm³/mol. The van der Waals surface area contributed by atoms with Gasteiger partial charge in [0.05, 0.1) is 5.69 Å². The predicted octanol–water partition coefficient (Wildman–Crippen LogP) is 3.04. The van der Waals surface area contributed by atoms with Gasteiger partial charge in [-0.1, -0.05) is 20.8 Å². The Balaban J connectivity index is 3.00. The molecule has 1 rings (SSSR count). The summed E-state index contributed by atoms with van der Waals surface area (Å²) in [6, 6.07) is 3.40. The standard InChI is InChI=1S/C13H19F3N2O/c1-12(2,3)10-5-9(7-17-4)6-11(18-10)19-8-13(14,15)16/h5-6,17H,7-8H2,1-4H3. The lowest BCUT2D eigenvalue weighted by molar-refractivity contribution is -0.154. The van der Waals surface area contributed by atoms with Gasteiger partial charge in [0, 0.05) is 18.0 Å². The van der Waals surface area contributed by atoms with Gasteiger partial charge in [-0.15, -0.1) is 0 Å². The third-order valence-corrected chi connectivity index (χ3v) is 2.39. The minimum absolute atomic E-state index is 0.00926. The van der Waals surface area contributed by atoms with Crippen molar-refractivity contribution in [1.29, 1.82) is 0 Å². The highest BCUT2D eigenvalue weighted by Crippen LogP contribution is 2.25. The Bertz CT molecular complexity index is 425. The lowest BCUT2D eigenvalue weighted by atomic mass is 9.91. The van der Waals surface area contributed by atoms with E-state index in [1.54, 1.807) is 7.05 Å². The van der Waals surface area contributed by atoms with Crippen LogP contribution in [0.2, 0.25) is 0 Å². The van der Waals surface area contributed by atoms with Gasteiger partial charge in [0.1, 0.15) is 0 Å². The number of nitrogens with one attached hydrogen (secondary N) is 1. The molecule has 0 spiro atoms. The summed E-state index contributed by atoms with van der Waals surface area (Å²) in [4.78, 5) is 4.14. The van der Waals surface area contributed by atoms with Crippen LogP contribution in [-0.4, -0.2) is 24.8 Å². The molecule has 1 aromatic heterocycles. The Labute approximate surface area is 111 Å². The summed E-state index contributed by atoms with van der Waals surface area (Å²) in [6.45, 7) is 5.07. The lowest BCUT2D eigenvalue weighted by Crippen LogP contribution is -2.21. The molecule has 6 heteroatoms. The average molecular weight is 276 g/mol. The van der Waals surface area contributed by atoms with Crippen molar-refractivity contribution in [2.75, 3.05) is 13.7 Å². The number of nitrogens with zero attached hydrogens (tertiary/aromatic N) is 1. The number of ether oxygens (including phenoxy) is 1. The molecule has 1 aromatic rings. The van der Waals surface area contributed by atoms with Crippen LogP contribution in [0.3, 0.4) is 0 Å². The molecule has 0 aliphatic rings. The molecule has 0 aliphatic heterocycles. The van der Waals surface area contributed by atoms with E-state index in [1.165, 1.54) is 6.07 Å². The summed E-state index contributed by atoms with van der Waals surface area (Å²) in [5, 5.41) is 2.96. The SMILES string of the molecule is CNCc1cc(OCC(F)(F)F)nc(C(C)(C)C)c1. The Kier molecular flexibility index (Phi) is 4.79. The Morgan fingerprint density at radius 3 is 2.32 bits per heavy atom. The van der Waals surface area contributed by atoms with Gasteiger partial charge < -0.3 is 10.1 Å². The van der Waals surface area contributed by atoms with Gasteiger partial charge in [-0.05, 0) is 18.7 Å². The Hall–Kier alpha value is -1.30. The van der Waals surface area contributed by atoms with Crippen molar-refractivity contribution in [1.82, 2.24) is 10.3 Å². The molecule has 0 aliphatic carbocycles. The van der Waals surface area contributed by atoms with E-state index in [4.69, 9.17) is 4.74 Å². The quantitative estimate of drug-likeness (QED) is 0.917. The van der Waals surface area contributed by atoms with Crippen LogP contribution in [0.25, 0.3) is 0 Å². The molecule has 0 saturated carbocycles. The van der Waals surface area contributed by atoms with Crippen LogP contribution in [0.5, 0.6) is 5.88 Å². The van der Waals surface area contributed by atoms with E-state index in [1.807, 2.05) is 26.8 Å². The summed E-state index contributed by atoms with van der Waals surface area (Å²) in [5.41, 5.74) is 1.30. The first-order valence-corrected chi connectivity index (χ1v) is 5.97. The van der Waals surface area contributed by atoms with Gasteiger partial charge in [0.15, 0.2) is 6.61 Å². The normalized spacial score (nSPS) is 12.6. The van der Waals surface area contributed by atoms with Crippen molar-refractivity contribution in [2.24, 2.45) is 0 Å². The molecule has 0 aromatic carbocycles. The fraction of sp³-hybridized carbons (Fsp3) is 0.615. The van der Waals surface area contributed by atoms with Crippen LogP contribution < -0.4 is 10.1 Å². The van der Waals surface area contributed by atoms with Gasteiger partial charge in [0.25, 0.3) is 0 Å². The van der Waals surface area contributed by atoms with Crippen LogP contribution in [0, 0.1) is 0 Å². The van der Waals surface area contributed by atoms with Crippen molar-refractivity contribution in [3.05, 3.63) is 23.4 Å². The third kappa shape index (κ3) is 5.46. The summed E-state index contributed by atoms with van der Waals surface area (Å²) in [7, 11) is 1.77. The van der Waals surface area contributed by atoms with E-state index in [-0.39, 0.29) is 11.3 Å². The summed E-state index contributed by atoms with van der Waals surface area (Å²) >= 11 is 0. The van der Waals surface area contributed by atoms with Crippen LogP contribution in [0.4, 0.5) is 13.2 Å². The van der Waals surface area contributed by atoms with E-state index in [0.29, 0.717) is 12.2 Å². The smallest absolute Gasteiger partial charge is 0.422 e. The molecule has 0 unspecified atom stereocenters. The molecule has 1 heterocycles. The fourth-order valence-corrected chi connectivity index (χ4v) is 1.48. The molecule has 0 radical (unpaired) electrons. The van der Waals surface area contributed by atoms with E-state index >= 15 is 0 Å². The highest BCUT2D eigenvalue weighted by atomic mass is 19.4. The molecule has 19 heavy (non-hydrogen) atoms. The molecule has 0 amide bonds. The maximum atomic E-state index is 12.2. The number of rotatable bonds is 4. The Morgan fingerprint density at radius 2 is 1.84 bits per heavy atom. The second-order valence-electron chi connectivity index (χ2n) is 5.38. The average Bonchev–Trinajstić information content (AvgIpc) is 2.24. The zero-order valence-electron chi connectivity index (χ0n) is 11.6. The lowest BCUT2D eigenvalue weighted by Gasteiger charge is -2.20. The van der Waals surface area contributed by atoms with Crippen LogP contribution in [-0.2, 0) is 12.0 Å². The monoisotopic (exact) mass is 276 g/mol. The molecule has 0 bridgehead atoms. The number of aromatic nitrogens is 1. The van der Waals surface area contributed by atoms with Crippen molar-refractivity contribution in [2.45, 2.75) is 38.9 Å². The van der Waals surface area contributed by atoms with E-state index in [9.17, 15) is 13.2 Å². The first-order valence-electron chi connectivity index (χ1n) is 5.97. The summed E-state index contributed by atoms with van der Waals surface area (Å²) < 4.78 is 41.2. The Morgan fingerprint density at radius 1 is 1.21 bits per heavy atom. The van der Waals surface area contributed by atoms with Crippen LogP contribution in [0.15, 0.2) is 12.1 Å².